The highest BCUT2D eigenvalue weighted by Crippen LogP contribution is 2.06. The van der Waals surface area contributed by atoms with Gasteiger partial charge in [-0.05, 0) is 0 Å². The van der Waals surface area contributed by atoms with Gasteiger partial charge in [-0.15, -0.1) is 0 Å². The summed E-state index contributed by atoms with van der Waals surface area (Å²) in [6.07, 6.45) is 0. The lowest BCUT2D eigenvalue weighted by molar-refractivity contribution is -0.133. The van der Waals surface area contributed by atoms with Crippen LogP contribution >= 0.6 is 0 Å². The standard InChI is InChI=1S/C11H18N4O3.C2H6/c1-7(2)10(16)15(5)6-8-12-9(13-18-8)11(17)14(3)4;1-2/h7H,6H2,1-5H3;1-2H3. The van der Waals surface area contributed by atoms with Crippen molar-refractivity contribution in [1.29, 1.82) is 0 Å². The first-order valence-corrected chi connectivity index (χ1v) is 6.62. The van der Waals surface area contributed by atoms with Gasteiger partial charge in [0.15, 0.2) is 0 Å². The smallest absolute Gasteiger partial charge is 0.294 e. The van der Waals surface area contributed by atoms with Gasteiger partial charge < -0.3 is 14.3 Å². The molecule has 7 heteroatoms. The third-order valence-corrected chi connectivity index (χ3v) is 2.31. The number of rotatable bonds is 4. The van der Waals surface area contributed by atoms with Crippen LogP contribution < -0.4 is 0 Å². The summed E-state index contributed by atoms with van der Waals surface area (Å²) < 4.78 is 4.93. The number of hydrogen-bond acceptors (Lipinski definition) is 5. The van der Waals surface area contributed by atoms with Crippen LogP contribution in [-0.2, 0) is 11.3 Å². The van der Waals surface area contributed by atoms with Crippen LogP contribution in [0.5, 0.6) is 0 Å². The molecule has 0 saturated heterocycles. The van der Waals surface area contributed by atoms with Crippen LogP contribution in [0.1, 0.15) is 44.2 Å². The van der Waals surface area contributed by atoms with Crippen LogP contribution in [0, 0.1) is 5.92 Å². The molecule has 0 aliphatic rings. The highest BCUT2D eigenvalue weighted by atomic mass is 16.5. The van der Waals surface area contributed by atoms with Crippen molar-refractivity contribution in [2.75, 3.05) is 21.1 Å². The van der Waals surface area contributed by atoms with Gasteiger partial charge in [0.25, 0.3) is 11.7 Å². The molecule has 0 saturated carbocycles. The SMILES string of the molecule is CC.CC(C)C(=O)N(C)Cc1nc(C(=O)N(C)C)no1. The molecular formula is C13H24N4O3. The second kappa shape index (κ2) is 8.29. The van der Waals surface area contributed by atoms with E-state index >= 15 is 0 Å². The number of nitrogens with zero attached hydrogens (tertiary/aromatic N) is 4. The zero-order valence-electron chi connectivity index (χ0n) is 13.3. The summed E-state index contributed by atoms with van der Waals surface area (Å²) in [5.41, 5.74) is 0. The molecule has 7 nitrogen and oxygen atoms in total. The summed E-state index contributed by atoms with van der Waals surface area (Å²) in [5.74, 6) is -0.200. The highest BCUT2D eigenvalue weighted by Gasteiger charge is 2.19. The molecule has 20 heavy (non-hydrogen) atoms. The van der Waals surface area contributed by atoms with Gasteiger partial charge in [0.1, 0.15) is 0 Å². The van der Waals surface area contributed by atoms with Crippen molar-refractivity contribution < 1.29 is 14.1 Å². The third-order valence-electron chi connectivity index (χ3n) is 2.31. The predicted octanol–water partition coefficient (Wildman–Crippen LogP) is 1.41. The third kappa shape index (κ3) is 4.99. The molecule has 0 bridgehead atoms. The Labute approximate surface area is 119 Å². The Balaban J connectivity index is 0.00000172. The van der Waals surface area contributed by atoms with E-state index in [0.29, 0.717) is 0 Å². The summed E-state index contributed by atoms with van der Waals surface area (Å²) in [6, 6.07) is 0. The fourth-order valence-corrected chi connectivity index (χ4v) is 1.33. The van der Waals surface area contributed by atoms with Gasteiger partial charge in [0.2, 0.25) is 11.8 Å². The molecule has 0 aliphatic carbocycles. The van der Waals surface area contributed by atoms with Crippen molar-refractivity contribution in [3.05, 3.63) is 11.7 Å². The molecule has 1 rings (SSSR count). The molecule has 0 aromatic carbocycles. The monoisotopic (exact) mass is 284 g/mol. The van der Waals surface area contributed by atoms with Gasteiger partial charge in [-0.1, -0.05) is 32.9 Å². The fourth-order valence-electron chi connectivity index (χ4n) is 1.33. The van der Waals surface area contributed by atoms with Gasteiger partial charge in [0.05, 0.1) is 6.54 Å². The quantitative estimate of drug-likeness (QED) is 0.835. The number of carbonyl (C=O) groups is 2. The van der Waals surface area contributed by atoms with Gasteiger partial charge in [-0.25, -0.2) is 0 Å². The molecular weight excluding hydrogens is 260 g/mol. The maximum Gasteiger partial charge on any atom is 0.294 e. The van der Waals surface area contributed by atoms with E-state index in [1.807, 2.05) is 27.7 Å². The molecule has 0 radical (unpaired) electrons. The second-order valence-electron chi connectivity index (χ2n) is 4.56. The summed E-state index contributed by atoms with van der Waals surface area (Å²) in [6.45, 7) is 7.83. The normalized spacial score (nSPS) is 9.80. The highest BCUT2D eigenvalue weighted by molar-refractivity contribution is 5.89. The molecule has 114 valence electrons. The Morgan fingerprint density at radius 3 is 2.20 bits per heavy atom. The van der Waals surface area contributed by atoms with E-state index in [9.17, 15) is 9.59 Å². The van der Waals surface area contributed by atoms with Crippen molar-refractivity contribution >= 4 is 11.8 Å². The summed E-state index contributed by atoms with van der Waals surface area (Å²) >= 11 is 0. The number of carbonyl (C=O) groups excluding carboxylic acids is 2. The average molecular weight is 284 g/mol. The molecule has 2 amide bonds. The lowest BCUT2D eigenvalue weighted by atomic mass is 10.2. The molecule has 1 heterocycles. The van der Waals surface area contributed by atoms with Crippen molar-refractivity contribution in [3.63, 3.8) is 0 Å². The van der Waals surface area contributed by atoms with E-state index < -0.39 is 0 Å². The molecule has 0 spiro atoms. The van der Waals surface area contributed by atoms with Crippen LogP contribution in [0.3, 0.4) is 0 Å². The summed E-state index contributed by atoms with van der Waals surface area (Å²) in [7, 11) is 4.86. The lowest BCUT2D eigenvalue weighted by Gasteiger charge is -2.16. The van der Waals surface area contributed by atoms with Crippen LogP contribution in [-0.4, -0.2) is 52.9 Å². The van der Waals surface area contributed by atoms with E-state index in [4.69, 9.17) is 4.52 Å². The zero-order valence-corrected chi connectivity index (χ0v) is 13.3. The molecule has 1 aromatic heterocycles. The number of aromatic nitrogens is 2. The Morgan fingerprint density at radius 2 is 1.75 bits per heavy atom. The van der Waals surface area contributed by atoms with Gasteiger partial charge in [-0.2, -0.15) is 4.98 Å². The topological polar surface area (TPSA) is 79.5 Å². The lowest BCUT2D eigenvalue weighted by Crippen LogP contribution is -2.30. The van der Waals surface area contributed by atoms with Crippen LogP contribution in [0.2, 0.25) is 0 Å². The second-order valence-corrected chi connectivity index (χ2v) is 4.56. The molecule has 0 fully saturated rings. The van der Waals surface area contributed by atoms with E-state index in [1.54, 1.807) is 21.1 Å². The maximum absolute atomic E-state index is 11.7. The first kappa shape index (κ1) is 18.1. The molecule has 0 aliphatic heterocycles. The average Bonchev–Trinajstić information content (AvgIpc) is 2.87. The Hall–Kier alpha value is -1.92. The molecule has 0 unspecified atom stereocenters. The van der Waals surface area contributed by atoms with E-state index in [1.165, 1.54) is 9.80 Å². The van der Waals surface area contributed by atoms with Crippen molar-refractivity contribution in [2.45, 2.75) is 34.2 Å². The zero-order chi connectivity index (χ0) is 15.9. The van der Waals surface area contributed by atoms with Gasteiger partial charge in [-0.3, -0.25) is 9.59 Å². The van der Waals surface area contributed by atoms with Crippen LogP contribution in [0.4, 0.5) is 0 Å². The van der Waals surface area contributed by atoms with E-state index in [2.05, 4.69) is 10.1 Å². The number of amides is 2. The van der Waals surface area contributed by atoms with Crippen LogP contribution in [0.25, 0.3) is 0 Å². The minimum atomic E-state index is -0.331. The molecule has 0 N–H and O–H groups in total. The Morgan fingerprint density at radius 1 is 1.20 bits per heavy atom. The summed E-state index contributed by atoms with van der Waals surface area (Å²) in [5, 5.41) is 3.58. The largest absolute Gasteiger partial charge is 0.342 e. The van der Waals surface area contributed by atoms with Crippen molar-refractivity contribution in [1.82, 2.24) is 19.9 Å². The Kier molecular flexibility index (Phi) is 7.49. The molecule has 0 atom stereocenters. The van der Waals surface area contributed by atoms with E-state index in [0.717, 1.165) is 0 Å². The van der Waals surface area contributed by atoms with Crippen LogP contribution in [0.15, 0.2) is 4.52 Å². The number of hydrogen-bond donors (Lipinski definition) is 0. The first-order valence-electron chi connectivity index (χ1n) is 6.62. The molecule has 1 aromatic rings. The van der Waals surface area contributed by atoms with Crippen molar-refractivity contribution in [2.24, 2.45) is 5.92 Å². The Bertz CT molecular complexity index is 441. The minimum Gasteiger partial charge on any atom is -0.342 e. The summed E-state index contributed by atoms with van der Waals surface area (Å²) in [4.78, 5) is 30.0. The minimum absolute atomic E-state index is 0.000367. The fraction of sp³-hybridized carbons (Fsp3) is 0.692. The predicted molar refractivity (Wildman–Crippen MR) is 75.0 cm³/mol. The van der Waals surface area contributed by atoms with E-state index in [-0.39, 0.29) is 36.0 Å². The van der Waals surface area contributed by atoms with Crippen molar-refractivity contribution in [3.8, 4) is 0 Å². The maximum atomic E-state index is 11.7. The van der Waals surface area contributed by atoms with Gasteiger partial charge in [0, 0.05) is 27.1 Å². The first-order chi connectivity index (χ1) is 9.32. The van der Waals surface area contributed by atoms with Gasteiger partial charge >= 0.3 is 0 Å².